The summed E-state index contributed by atoms with van der Waals surface area (Å²) in [7, 11) is 1.61. The Morgan fingerprint density at radius 2 is 1.94 bits per heavy atom. The normalized spacial score (nSPS) is 10.8. The van der Waals surface area contributed by atoms with E-state index in [1.165, 1.54) is 18.3 Å². The van der Waals surface area contributed by atoms with Crippen LogP contribution in [-0.4, -0.2) is 18.3 Å². The number of benzene rings is 1. The molecule has 92 valence electrons. The van der Waals surface area contributed by atoms with Gasteiger partial charge in [0.2, 0.25) is 0 Å². The summed E-state index contributed by atoms with van der Waals surface area (Å²) in [5, 5.41) is 0. The van der Waals surface area contributed by atoms with Gasteiger partial charge in [0.05, 0.1) is 24.7 Å². The third kappa shape index (κ3) is 3.13. The molecular formula is C14H13FN2O. The zero-order valence-corrected chi connectivity index (χ0v) is 10.2. The zero-order valence-electron chi connectivity index (χ0n) is 10.2. The minimum absolute atomic E-state index is 0.307. The van der Waals surface area contributed by atoms with E-state index >= 15 is 0 Å². The lowest BCUT2D eigenvalue weighted by Gasteiger charge is -1.99. The van der Waals surface area contributed by atoms with Crippen molar-refractivity contribution in [3.63, 3.8) is 0 Å². The van der Waals surface area contributed by atoms with Gasteiger partial charge in [0, 0.05) is 11.8 Å². The van der Waals surface area contributed by atoms with E-state index in [-0.39, 0.29) is 5.82 Å². The highest BCUT2D eigenvalue weighted by Crippen LogP contribution is 2.17. The molecule has 0 unspecified atom stereocenters. The van der Waals surface area contributed by atoms with E-state index in [0.717, 1.165) is 11.4 Å². The molecule has 0 aliphatic rings. The molecule has 0 amide bonds. The first kappa shape index (κ1) is 12.2. The van der Waals surface area contributed by atoms with Gasteiger partial charge >= 0.3 is 0 Å². The molecule has 0 saturated heterocycles. The van der Waals surface area contributed by atoms with Gasteiger partial charge in [-0.1, -0.05) is 0 Å². The third-order valence-electron chi connectivity index (χ3n) is 2.36. The summed E-state index contributed by atoms with van der Waals surface area (Å²) in [4.78, 5) is 8.39. The maximum atomic E-state index is 13.1. The SMILES string of the molecule is COc1ccc(N=Cc2cc(F)cc(C)n2)cc1. The number of rotatable bonds is 3. The molecule has 0 saturated carbocycles. The molecule has 18 heavy (non-hydrogen) atoms. The Morgan fingerprint density at radius 3 is 2.56 bits per heavy atom. The van der Waals surface area contributed by atoms with E-state index < -0.39 is 0 Å². The minimum atomic E-state index is -0.307. The largest absolute Gasteiger partial charge is 0.497 e. The molecular weight excluding hydrogens is 231 g/mol. The molecule has 0 spiro atoms. The highest BCUT2D eigenvalue weighted by Gasteiger charge is 1.97. The Hall–Kier alpha value is -2.23. The van der Waals surface area contributed by atoms with Crippen molar-refractivity contribution in [2.45, 2.75) is 6.92 Å². The van der Waals surface area contributed by atoms with Gasteiger partial charge < -0.3 is 4.74 Å². The first-order valence-corrected chi connectivity index (χ1v) is 5.50. The minimum Gasteiger partial charge on any atom is -0.497 e. The molecule has 0 bridgehead atoms. The predicted octanol–water partition coefficient (Wildman–Crippen LogP) is 3.29. The molecule has 1 heterocycles. The van der Waals surface area contributed by atoms with Gasteiger partial charge in [-0.3, -0.25) is 9.98 Å². The van der Waals surface area contributed by atoms with Crippen LogP contribution in [0.2, 0.25) is 0 Å². The second kappa shape index (κ2) is 5.40. The maximum absolute atomic E-state index is 13.1. The standard InChI is InChI=1S/C14H13FN2O/c1-10-7-11(15)8-13(17-10)9-16-12-3-5-14(18-2)6-4-12/h3-9H,1-2H3. The molecule has 0 fully saturated rings. The number of aliphatic imine (C=N–C) groups is 1. The number of hydrogen-bond donors (Lipinski definition) is 0. The first-order valence-electron chi connectivity index (χ1n) is 5.50. The van der Waals surface area contributed by atoms with E-state index in [1.807, 2.05) is 24.3 Å². The van der Waals surface area contributed by atoms with E-state index in [1.54, 1.807) is 14.0 Å². The van der Waals surface area contributed by atoms with Crippen molar-refractivity contribution in [3.05, 3.63) is 53.6 Å². The first-order chi connectivity index (χ1) is 8.67. The highest BCUT2D eigenvalue weighted by atomic mass is 19.1. The second-order valence-electron chi connectivity index (χ2n) is 3.81. The maximum Gasteiger partial charge on any atom is 0.127 e. The molecule has 2 aromatic rings. The van der Waals surface area contributed by atoms with Crippen LogP contribution in [-0.2, 0) is 0 Å². The summed E-state index contributed by atoms with van der Waals surface area (Å²) in [6.45, 7) is 1.74. The smallest absolute Gasteiger partial charge is 0.127 e. The molecule has 1 aromatic heterocycles. The zero-order chi connectivity index (χ0) is 13.0. The van der Waals surface area contributed by atoms with Crippen LogP contribution in [0.5, 0.6) is 5.75 Å². The van der Waals surface area contributed by atoms with E-state index in [9.17, 15) is 4.39 Å². The van der Waals surface area contributed by atoms with Gasteiger partial charge in [-0.2, -0.15) is 0 Å². The lowest BCUT2D eigenvalue weighted by atomic mass is 10.3. The Bertz CT molecular complexity index is 544. The van der Waals surface area contributed by atoms with Gasteiger partial charge in [0.25, 0.3) is 0 Å². The van der Waals surface area contributed by atoms with Crippen molar-refractivity contribution in [3.8, 4) is 5.75 Å². The summed E-state index contributed by atoms with van der Waals surface area (Å²) in [5.41, 5.74) is 1.90. The summed E-state index contributed by atoms with van der Waals surface area (Å²) >= 11 is 0. The molecule has 3 nitrogen and oxygen atoms in total. The van der Waals surface area contributed by atoms with Gasteiger partial charge in [0.15, 0.2) is 0 Å². The van der Waals surface area contributed by atoms with Crippen LogP contribution in [0, 0.1) is 12.7 Å². The number of methoxy groups -OCH3 is 1. The van der Waals surface area contributed by atoms with Gasteiger partial charge in [-0.25, -0.2) is 4.39 Å². The lowest BCUT2D eigenvalue weighted by molar-refractivity contribution is 0.415. The van der Waals surface area contributed by atoms with Crippen molar-refractivity contribution < 1.29 is 9.13 Å². The Labute approximate surface area is 105 Å². The van der Waals surface area contributed by atoms with Crippen LogP contribution >= 0.6 is 0 Å². The van der Waals surface area contributed by atoms with Gasteiger partial charge in [-0.05, 0) is 37.3 Å². The molecule has 0 radical (unpaired) electrons. The van der Waals surface area contributed by atoms with Crippen molar-refractivity contribution in [1.82, 2.24) is 4.98 Å². The number of aromatic nitrogens is 1. The predicted molar refractivity (Wildman–Crippen MR) is 69.2 cm³/mol. The fraction of sp³-hybridized carbons (Fsp3) is 0.143. The van der Waals surface area contributed by atoms with Crippen LogP contribution in [0.4, 0.5) is 10.1 Å². The molecule has 4 heteroatoms. The fourth-order valence-electron chi connectivity index (χ4n) is 1.53. The van der Waals surface area contributed by atoms with Crippen molar-refractivity contribution in [2.24, 2.45) is 4.99 Å². The van der Waals surface area contributed by atoms with Gasteiger partial charge in [0.1, 0.15) is 11.6 Å². The fourth-order valence-corrected chi connectivity index (χ4v) is 1.53. The second-order valence-corrected chi connectivity index (χ2v) is 3.81. The van der Waals surface area contributed by atoms with Crippen molar-refractivity contribution in [2.75, 3.05) is 7.11 Å². The number of nitrogens with zero attached hydrogens (tertiary/aromatic N) is 2. The van der Waals surface area contributed by atoms with Crippen LogP contribution in [0.1, 0.15) is 11.4 Å². The van der Waals surface area contributed by atoms with E-state index in [4.69, 9.17) is 4.74 Å². The number of hydrogen-bond acceptors (Lipinski definition) is 3. The van der Waals surface area contributed by atoms with Crippen molar-refractivity contribution in [1.29, 1.82) is 0 Å². The van der Waals surface area contributed by atoms with Crippen LogP contribution < -0.4 is 4.74 Å². The average Bonchev–Trinajstić information content (AvgIpc) is 2.36. The lowest BCUT2D eigenvalue weighted by Crippen LogP contribution is -1.92. The summed E-state index contributed by atoms with van der Waals surface area (Å²) < 4.78 is 18.2. The van der Waals surface area contributed by atoms with Crippen molar-refractivity contribution >= 4 is 11.9 Å². The van der Waals surface area contributed by atoms with Gasteiger partial charge in [-0.15, -0.1) is 0 Å². The number of aryl methyl sites for hydroxylation is 1. The Kier molecular flexibility index (Phi) is 3.67. The summed E-state index contributed by atoms with van der Waals surface area (Å²) in [5.74, 6) is 0.465. The Balaban J connectivity index is 2.18. The van der Waals surface area contributed by atoms with Crippen LogP contribution in [0.15, 0.2) is 41.4 Å². The van der Waals surface area contributed by atoms with Crippen LogP contribution in [0.25, 0.3) is 0 Å². The van der Waals surface area contributed by atoms with E-state index in [0.29, 0.717) is 11.4 Å². The number of halogens is 1. The Morgan fingerprint density at radius 1 is 1.22 bits per heavy atom. The highest BCUT2D eigenvalue weighted by molar-refractivity contribution is 5.79. The number of pyridine rings is 1. The summed E-state index contributed by atoms with van der Waals surface area (Å²) in [6.07, 6.45) is 1.54. The molecule has 0 aliphatic heterocycles. The molecule has 1 aromatic carbocycles. The van der Waals surface area contributed by atoms with E-state index in [2.05, 4.69) is 9.98 Å². The quantitative estimate of drug-likeness (QED) is 0.776. The molecule has 2 rings (SSSR count). The molecule has 0 aliphatic carbocycles. The molecule has 0 N–H and O–H groups in total. The topological polar surface area (TPSA) is 34.5 Å². The summed E-state index contributed by atoms with van der Waals surface area (Å²) in [6, 6.07) is 10.0. The molecule has 0 atom stereocenters. The number of ether oxygens (including phenoxy) is 1. The van der Waals surface area contributed by atoms with Crippen LogP contribution in [0.3, 0.4) is 0 Å². The monoisotopic (exact) mass is 244 g/mol. The average molecular weight is 244 g/mol. The third-order valence-corrected chi connectivity index (χ3v) is 2.36.